The Morgan fingerprint density at radius 1 is 1.00 bits per heavy atom. The fraction of sp³-hybridized carbons (Fsp3) is 0.118. The second-order valence-electron chi connectivity index (χ2n) is 5.37. The van der Waals surface area contributed by atoms with Gasteiger partial charge < -0.3 is 5.32 Å². The molecule has 24 heavy (non-hydrogen) atoms. The van der Waals surface area contributed by atoms with E-state index in [4.69, 9.17) is 5.84 Å². The van der Waals surface area contributed by atoms with Crippen molar-refractivity contribution >= 4 is 17.8 Å². The number of hydrogen-bond donors (Lipinski definition) is 3. The molecule has 0 bridgehead atoms. The van der Waals surface area contributed by atoms with Crippen LogP contribution in [0.4, 0.5) is 4.79 Å². The number of carbonyl (C=O) groups is 3. The summed E-state index contributed by atoms with van der Waals surface area (Å²) in [6.45, 7) is -0.442. The van der Waals surface area contributed by atoms with Gasteiger partial charge in [0.2, 0.25) is 0 Å². The molecule has 7 heteroatoms. The van der Waals surface area contributed by atoms with Crippen LogP contribution in [0.15, 0.2) is 60.7 Å². The first-order chi connectivity index (χ1) is 11.6. The topological polar surface area (TPSA) is 105 Å². The number of nitrogens with two attached hydrogens (primary N) is 1. The fourth-order valence-electron chi connectivity index (χ4n) is 2.84. The van der Waals surface area contributed by atoms with Crippen LogP contribution in [0.3, 0.4) is 0 Å². The largest absolute Gasteiger partial charge is 0.326 e. The van der Waals surface area contributed by atoms with E-state index in [2.05, 4.69) is 5.32 Å². The number of nitrogens with one attached hydrogen (secondary N) is 2. The molecule has 122 valence electrons. The zero-order valence-corrected chi connectivity index (χ0v) is 12.7. The van der Waals surface area contributed by atoms with E-state index >= 15 is 0 Å². The normalized spacial score (nSPS) is 16.0. The van der Waals surface area contributed by atoms with Crippen LogP contribution in [-0.2, 0) is 15.1 Å². The van der Waals surface area contributed by atoms with E-state index < -0.39 is 29.9 Å². The van der Waals surface area contributed by atoms with Gasteiger partial charge in [0, 0.05) is 0 Å². The van der Waals surface area contributed by atoms with Crippen molar-refractivity contribution in [3.05, 3.63) is 71.8 Å². The predicted molar refractivity (Wildman–Crippen MR) is 86.2 cm³/mol. The summed E-state index contributed by atoms with van der Waals surface area (Å²) >= 11 is 0. The minimum Gasteiger partial charge on any atom is -0.315 e. The number of rotatable bonds is 4. The molecular weight excluding hydrogens is 308 g/mol. The minimum absolute atomic E-state index is 0.442. The quantitative estimate of drug-likeness (QED) is 0.329. The SMILES string of the molecule is NNC(=O)CN1C(=O)NC(c2ccccc2)(c2ccccc2)C1=O. The van der Waals surface area contributed by atoms with Crippen LogP contribution in [0.2, 0.25) is 0 Å². The summed E-state index contributed by atoms with van der Waals surface area (Å²) in [5.74, 6) is 3.91. The highest BCUT2D eigenvalue weighted by molar-refractivity contribution is 6.11. The van der Waals surface area contributed by atoms with Gasteiger partial charge in [0.25, 0.3) is 11.8 Å². The third kappa shape index (κ3) is 2.40. The second kappa shape index (κ2) is 6.13. The monoisotopic (exact) mass is 324 g/mol. The first-order valence-corrected chi connectivity index (χ1v) is 7.34. The lowest BCUT2D eigenvalue weighted by atomic mass is 9.82. The smallest absolute Gasteiger partial charge is 0.315 e. The van der Waals surface area contributed by atoms with Crippen molar-refractivity contribution in [1.82, 2.24) is 15.6 Å². The molecule has 4 N–H and O–H groups in total. The van der Waals surface area contributed by atoms with Crippen molar-refractivity contribution in [2.45, 2.75) is 5.54 Å². The van der Waals surface area contributed by atoms with Crippen molar-refractivity contribution in [1.29, 1.82) is 0 Å². The number of amides is 4. The first-order valence-electron chi connectivity index (χ1n) is 7.34. The molecule has 0 aromatic heterocycles. The van der Waals surface area contributed by atoms with Gasteiger partial charge in [-0.05, 0) is 11.1 Å². The Bertz CT molecular complexity index is 737. The molecule has 1 fully saturated rings. The second-order valence-corrected chi connectivity index (χ2v) is 5.37. The number of carbonyl (C=O) groups excluding carboxylic acids is 3. The summed E-state index contributed by atoms with van der Waals surface area (Å²) < 4.78 is 0. The van der Waals surface area contributed by atoms with E-state index in [0.717, 1.165) is 4.90 Å². The number of hydrogen-bond acceptors (Lipinski definition) is 4. The van der Waals surface area contributed by atoms with E-state index in [0.29, 0.717) is 11.1 Å². The number of imide groups is 1. The number of nitrogens with zero attached hydrogens (tertiary/aromatic N) is 1. The standard InChI is InChI=1S/C17H16N4O3/c18-20-14(22)11-21-15(23)17(19-16(21)24,12-7-3-1-4-8-12)13-9-5-2-6-10-13/h1-10H,11,18H2,(H,19,24)(H,20,22). The average molecular weight is 324 g/mol. The number of hydrazine groups is 1. The van der Waals surface area contributed by atoms with Crippen molar-refractivity contribution in [2.75, 3.05) is 6.54 Å². The Hall–Kier alpha value is -3.19. The highest BCUT2D eigenvalue weighted by Gasteiger charge is 2.53. The molecule has 0 radical (unpaired) electrons. The maximum atomic E-state index is 13.1. The van der Waals surface area contributed by atoms with E-state index in [9.17, 15) is 14.4 Å². The van der Waals surface area contributed by atoms with Gasteiger partial charge in [0.15, 0.2) is 5.54 Å². The Kier molecular flexibility index (Phi) is 4.01. The van der Waals surface area contributed by atoms with E-state index in [1.54, 1.807) is 48.5 Å². The summed E-state index contributed by atoms with van der Waals surface area (Å²) in [7, 11) is 0. The lowest BCUT2D eigenvalue weighted by molar-refractivity contribution is -0.134. The first kappa shape index (κ1) is 15.7. The Balaban J connectivity index is 2.12. The molecule has 0 spiro atoms. The van der Waals surface area contributed by atoms with E-state index in [1.165, 1.54) is 0 Å². The number of urea groups is 1. The average Bonchev–Trinajstić information content (AvgIpc) is 2.88. The molecule has 2 aromatic carbocycles. The Morgan fingerprint density at radius 2 is 1.50 bits per heavy atom. The van der Waals surface area contributed by atoms with Crippen molar-refractivity contribution < 1.29 is 14.4 Å². The minimum atomic E-state index is -1.37. The van der Waals surface area contributed by atoms with Crippen LogP contribution in [0, 0.1) is 0 Å². The highest BCUT2D eigenvalue weighted by Crippen LogP contribution is 2.35. The Labute approximate surface area is 138 Å². The molecule has 1 aliphatic rings. The molecule has 0 unspecified atom stereocenters. The van der Waals surface area contributed by atoms with Gasteiger partial charge >= 0.3 is 6.03 Å². The van der Waals surface area contributed by atoms with Crippen molar-refractivity contribution in [3.63, 3.8) is 0 Å². The van der Waals surface area contributed by atoms with Gasteiger partial charge in [-0.3, -0.25) is 19.9 Å². The van der Waals surface area contributed by atoms with E-state index in [-0.39, 0.29) is 0 Å². The van der Waals surface area contributed by atoms with E-state index in [1.807, 2.05) is 17.6 Å². The molecule has 0 aliphatic carbocycles. The van der Waals surface area contributed by atoms with Gasteiger partial charge in [-0.1, -0.05) is 60.7 Å². The summed E-state index contributed by atoms with van der Waals surface area (Å²) in [5.41, 5.74) is 1.79. The lowest BCUT2D eigenvalue weighted by Crippen LogP contribution is -2.46. The molecule has 7 nitrogen and oxygen atoms in total. The van der Waals surface area contributed by atoms with Crippen molar-refractivity contribution in [3.8, 4) is 0 Å². The summed E-state index contributed by atoms with van der Waals surface area (Å²) in [6.07, 6.45) is 0. The summed E-state index contributed by atoms with van der Waals surface area (Å²) in [4.78, 5) is 37.9. The van der Waals surface area contributed by atoms with Gasteiger partial charge in [-0.15, -0.1) is 0 Å². The Morgan fingerprint density at radius 3 is 1.96 bits per heavy atom. The van der Waals surface area contributed by atoms with Crippen LogP contribution in [0.25, 0.3) is 0 Å². The van der Waals surface area contributed by atoms with Gasteiger partial charge in [0.05, 0.1) is 0 Å². The predicted octanol–water partition coefficient (Wildman–Crippen LogP) is 0.472. The summed E-state index contributed by atoms with van der Waals surface area (Å²) in [5, 5.41) is 2.75. The van der Waals surface area contributed by atoms with Crippen LogP contribution < -0.4 is 16.6 Å². The van der Waals surface area contributed by atoms with Crippen LogP contribution in [0.1, 0.15) is 11.1 Å². The molecule has 1 aliphatic heterocycles. The van der Waals surface area contributed by atoms with Crippen LogP contribution in [0.5, 0.6) is 0 Å². The zero-order valence-electron chi connectivity index (χ0n) is 12.7. The fourth-order valence-corrected chi connectivity index (χ4v) is 2.84. The molecule has 4 amide bonds. The van der Waals surface area contributed by atoms with Gasteiger partial charge in [-0.25, -0.2) is 10.6 Å². The third-order valence-corrected chi connectivity index (χ3v) is 3.98. The highest BCUT2D eigenvalue weighted by atomic mass is 16.2. The summed E-state index contributed by atoms with van der Waals surface area (Å²) in [6, 6.07) is 17.2. The lowest BCUT2D eigenvalue weighted by Gasteiger charge is -2.27. The molecule has 1 heterocycles. The van der Waals surface area contributed by atoms with Crippen LogP contribution in [-0.4, -0.2) is 29.3 Å². The third-order valence-electron chi connectivity index (χ3n) is 3.98. The molecule has 3 rings (SSSR count). The molecule has 0 saturated carbocycles. The maximum absolute atomic E-state index is 13.1. The molecular formula is C17H16N4O3. The molecule has 0 atom stereocenters. The molecule has 1 saturated heterocycles. The van der Waals surface area contributed by atoms with Gasteiger partial charge in [0.1, 0.15) is 6.54 Å². The van der Waals surface area contributed by atoms with Gasteiger partial charge in [-0.2, -0.15) is 0 Å². The number of benzene rings is 2. The molecule has 2 aromatic rings. The van der Waals surface area contributed by atoms with Crippen molar-refractivity contribution in [2.24, 2.45) is 5.84 Å². The maximum Gasteiger partial charge on any atom is 0.326 e. The zero-order chi connectivity index (χ0) is 17.2. The van der Waals surface area contributed by atoms with Crippen LogP contribution >= 0.6 is 0 Å².